The topological polar surface area (TPSA) is 98.0 Å². The molecule has 0 aromatic carbocycles. The van der Waals surface area contributed by atoms with Gasteiger partial charge >= 0.3 is 5.97 Å². The summed E-state index contributed by atoms with van der Waals surface area (Å²) in [7, 11) is 0. The highest BCUT2D eigenvalue weighted by molar-refractivity contribution is 5.66. The maximum atomic E-state index is 10.3. The lowest BCUT2D eigenvalue weighted by Gasteiger charge is -2.11. The molecule has 0 aliphatic heterocycles. The highest BCUT2D eigenvalue weighted by Crippen LogP contribution is 2.03. The standard InChI is InChI=1S/C20H30O5/c1-2-3-8-14-18(22)19(23)15-10-7-5-4-6-9-12-17(21)13-11-16-20(24)25/h3-10,12,15,17-19,21-23H,2,11,13-14,16H2,1H3,(H,24,25)/b6-4+,7-5+,8-3+,12-9+,15-10+/t17-,18+,19+/m1/s1. The van der Waals surface area contributed by atoms with Crippen LogP contribution in [0.4, 0.5) is 0 Å². The molecular formula is C20H30O5. The molecular weight excluding hydrogens is 320 g/mol. The van der Waals surface area contributed by atoms with Crippen LogP contribution < -0.4 is 0 Å². The quantitative estimate of drug-likeness (QED) is 0.302. The number of aliphatic carboxylic acids is 1. The highest BCUT2D eigenvalue weighted by Gasteiger charge is 2.10. The maximum absolute atomic E-state index is 10.3. The molecule has 0 bridgehead atoms. The fourth-order valence-electron chi connectivity index (χ4n) is 1.86. The van der Waals surface area contributed by atoms with Crippen LogP contribution in [0.25, 0.3) is 0 Å². The van der Waals surface area contributed by atoms with Gasteiger partial charge in [0.1, 0.15) is 0 Å². The molecule has 0 aliphatic carbocycles. The Morgan fingerprint density at radius 2 is 1.52 bits per heavy atom. The van der Waals surface area contributed by atoms with Gasteiger partial charge in [-0.1, -0.05) is 67.7 Å². The first-order chi connectivity index (χ1) is 12.0. The van der Waals surface area contributed by atoms with Crippen LogP contribution >= 0.6 is 0 Å². The predicted octanol–water partition coefficient (Wildman–Crippen LogP) is 2.91. The fraction of sp³-hybridized carbons (Fsp3) is 0.450. The number of carbonyl (C=O) groups is 1. The molecule has 25 heavy (non-hydrogen) atoms. The molecule has 0 aliphatic rings. The van der Waals surface area contributed by atoms with E-state index in [2.05, 4.69) is 0 Å². The van der Waals surface area contributed by atoms with Gasteiger partial charge in [-0.15, -0.1) is 0 Å². The first-order valence-electron chi connectivity index (χ1n) is 8.56. The van der Waals surface area contributed by atoms with Crippen molar-refractivity contribution in [1.82, 2.24) is 0 Å². The average molecular weight is 350 g/mol. The number of carboxylic acids is 1. The van der Waals surface area contributed by atoms with E-state index in [0.29, 0.717) is 19.3 Å². The van der Waals surface area contributed by atoms with E-state index in [9.17, 15) is 20.1 Å². The molecule has 140 valence electrons. The van der Waals surface area contributed by atoms with E-state index < -0.39 is 24.3 Å². The largest absolute Gasteiger partial charge is 0.481 e. The van der Waals surface area contributed by atoms with Gasteiger partial charge in [-0.3, -0.25) is 4.79 Å². The fourth-order valence-corrected chi connectivity index (χ4v) is 1.86. The molecule has 0 unspecified atom stereocenters. The minimum absolute atomic E-state index is 0.0608. The van der Waals surface area contributed by atoms with Crippen LogP contribution in [0.3, 0.4) is 0 Å². The van der Waals surface area contributed by atoms with Gasteiger partial charge in [-0.25, -0.2) is 0 Å². The highest BCUT2D eigenvalue weighted by atomic mass is 16.4. The molecule has 3 atom stereocenters. The molecule has 5 heteroatoms. The zero-order valence-corrected chi connectivity index (χ0v) is 14.7. The summed E-state index contributed by atoms with van der Waals surface area (Å²) in [5, 5.41) is 37.5. The lowest BCUT2D eigenvalue weighted by molar-refractivity contribution is -0.137. The molecule has 0 heterocycles. The number of hydrogen-bond donors (Lipinski definition) is 4. The summed E-state index contributed by atoms with van der Waals surface area (Å²) in [6, 6.07) is 0. The van der Waals surface area contributed by atoms with E-state index in [1.165, 1.54) is 6.08 Å². The minimum Gasteiger partial charge on any atom is -0.481 e. The van der Waals surface area contributed by atoms with Gasteiger partial charge in [0.2, 0.25) is 0 Å². The molecule has 0 rings (SSSR count). The lowest BCUT2D eigenvalue weighted by Crippen LogP contribution is -2.22. The first-order valence-corrected chi connectivity index (χ1v) is 8.56. The van der Waals surface area contributed by atoms with Gasteiger partial charge in [0, 0.05) is 6.42 Å². The zero-order chi connectivity index (χ0) is 18.9. The van der Waals surface area contributed by atoms with Crippen LogP contribution in [0.1, 0.15) is 39.0 Å². The van der Waals surface area contributed by atoms with Crippen LogP contribution in [0, 0.1) is 0 Å². The molecule has 4 N–H and O–H groups in total. The Bertz CT molecular complexity index is 488. The van der Waals surface area contributed by atoms with Crippen LogP contribution in [-0.2, 0) is 4.79 Å². The Morgan fingerprint density at radius 3 is 2.12 bits per heavy atom. The second-order valence-electron chi connectivity index (χ2n) is 5.57. The third kappa shape index (κ3) is 15.3. The van der Waals surface area contributed by atoms with E-state index >= 15 is 0 Å². The third-order valence-corrected chi connectivity index (χ3v) is 3.26. The first kappa shape index (κ1) is 23.1. The number of carboxylic acid groups (broad SMARTS) is 1. The maximum Gasteiger partial charge on any atom is 0.303 e. The van der Waals surface area contributed by atoms with Crippen molar-refractivity contribution < 1.29 is 25.2 Å². The van der Waals surface area contributed by atoms with Crippen LogP contribution in [-0.4, -0.2) is 44.7 Å². The van der Waals surface area contributed by atoms with E-state index in [4.69, 9.17) is 5.11 Å². The van der Waals surface area contributed by atoms with Gasteiger partial charge in [-0.05, 0) is 25.7 Å². The Kier molecular flexibility index (Phi) is 14.4. The van der Waals surface area contributed by atoms with Crippen molar-refractivity contribution in [1.29, 1.82) is 0 Å². The number of hydrogen-bond acceptors (Lipinski definition) is 4. The van der Waals surface area contributed by atoms with E-state index in [1.807, 2.05) is 19.1 Å². The Balaban J connectivity index is 4.01. The summed E-state index contributed by atoms with van der Waals surface area (Å²) >= 11 is 0. The van der Waals surface area contributed by atoms with Crippen LogP contribution in [0.15, 0.2) is 60.8 Å². The van der Waals surface area contributed by atoms with Gasteiger partial charge < -0.3 is 20.4 Å². The van der Waals surface area contributed by atoms with E-state index in [1.54, 1.807) is 42.5 Å². The smallest absolute Gasteiger partial charge is 0.303 e. The lowest BCUT2D eigenvalue weighted by atomic mass is 10.1. The molecule has 5 nitrogen and oxygen atoms in total. The third-order valence-electron chi connectivity index (χ3n) is 3.26. The Hall–Kier alpha value is -1.95. The average Bonchev–Trinajstić information content (AvgIpc) is 2.56. The Morgan fingerprint density at radius 1 is 0.920 bits per heavy atom. The van der Waals surface area contributed by atoms with Gasteiger partial charge in [0.05, 0.1) is 18.3 Å². The summed E-state index contributed by atoms with van der Waals surface area (Å²) in [4.78, 5) is 10.3. The minimum atomic E-state index is -0.906. The van der Waals surface area contributed by atoms with Crippen molar-refractivity contribution in [3.63, 3.8) is 0 Å². The Labute approximate surface area is 150 Å². The van der Waals surface area contributed by atoms with Crippen molar-refractivity contribution in [2.75, 3.05) is 0 Å². The molecule has 0 saturated heterocycles. The summed E-state index contributed by atoms with van der Waals surface area (Å²) in [6.07, 6.45) is 17.1. The molecule has 0 aromatic rings. The second kappa shape index (κ2) is 15.6. The molecule has 0 radical (unpaired) electrons. The molecule has 0 saturated carbocycles. The number of allylic oxidation sites excluding steroid dienone is 7. The number of aliphatic hydroxyl groups excluding tert-OH is 3. The summed E-state index contributed by atoms with van der Waals surface area (Å²) < 4.78 is 0. The molecule has 0 aromatic heterocycles. The zero-order valence-electron chi connectivity index (χ0n) is 14.7. The molecule has 0 spiro atoms. The SMILES string of the molecule is CC/C=C/C[C@H](O)[C@@H](O)/C=C/C=C/C=C/C=C/[C@@H](O)CCCC(=O)O. The van der Waals surface area contributed by atoms with Crippen LogP contribution in [0.5, 0.6) is 0 Å². The monoisotopic (exact) mass is 350 g/mol. The normalized spacial score (nSPS) is 16.6. The summed E-state index contributed by atoms with van der Waals surface area (Å²) in [5.74, 6) is -0.857. The summed E-state index contributed by atoms with van der Waals surface area (Å²) in [6.45, 7) is 2.01. The van der Waals surface area contributed by atoms with Gasteiger partial charge in [0.15, 0.2) is 0 Å². The number of aliphatic hydroxyl groups is 3. The van der Waals surface area contributed by atoms with Crippen molar-refractivity contribution in [3.8, 4) is 0 Å². The van der Waals surface area contributed by atoms with Crippen molar-refractivity contribution >= 4 is 5.97 Å². The van der Waals surface area contributed by atoms with Crippen molar-refractivity contribution in [2.24, 2.45) is 0 Å². The van der Waals surface area contributed by atoms with E-state index in [-0.39, 0.29) is 6.42 Å². The predicted molar refractivity (Wildman–Crippen MR) is 100 cm³/mol. The second-order valence-corrected chi connectivity index (χ2v) is 5.57. The van der Waals surface area contributed by atoms with E-state index in [0.717, 1.165) is 6.42 Å². The molecule has 0 fully saturated rings. The summed E-state index contributed by atoms with van der Waals surface area (Å²) in [5.41, 5.74) is 0. The number of rotatable bonds is 13. The van der Waals surface area contributed by atoms with Crippen molar-refractivity contribution in [3.05, 3.63) is 60.8 Å². The van der Waals surface area contributed by atoms with Crippen molar-refractivity contribution in [2.45, 2.75) is 57.3 Å². The molecule has 0 amide bonds. The van der Waals surface area contributed by atoms with Gasteiger partial charge in [0.25, 0.3) is 0 Å². The van der Waals surface area contributed by atoms with Gasteiger partial charge in [-0.2, -0.15) is 0 Å². The van der Waals surface area contributed by atoms with Crippen LogP contribution in [0.2, 0.25) is 0 Å².